The lowest BCUT2D eigenvalue weighted by Gasteiger charge is -2.30. The first-order chi connectivity index (χ1) is 7.35. The van der Waals surface area contributed by atoms with E-state index in [1.807, 2.05) is 34.6 Å². The highest BCUT2D eigenvalue weighted by atomic mass is 16.6. The maximum Gasteiger partial charge on any atom is 0.410 e. The van der Waals surface area contributed by atoms with Gasteiger partial charge >= 0.3 is 6.09 Å². The molecule has 0 aliphatic rings. The van der Waals surface area contributed by atoms with Crippen molar-refractivity contribution in [2.45, 2.75) is 59.1 Å². The van der Waals surface area contributed by atoms with Crippen LogP contribution in [0.15, 0.2) is 0 Å². The van der Waals surface area contributed by atoms with Gasteiger partial charge in [-0.2, -0.15) is 0 Å². The molecule has 0 saturated heterocycles. The van der Waals surface area contributed by atoms with Crippen molar-refractivity contribution in [3.05, 3.63) is 0 Å². The van der Waals surface area contributed by atoms with Crippen LogP contribution in [0.1, 0.15) is 47.5 Å². The average Bonchev–Trinajstić information content (AvgIpc) is 2.15. The maximum atomic E-state index is 11.9. The molecule has 1 amide bonds. The summed E-state index contributed by atoms with van der Waals surface area (Å²) in [5, 5.41) is 0. The van der Waals surface area contributed by atoms with Crippen molar-refractivity contribution < 1.29 is 14.3 Å². The number of rotatable bonds is 5. The Morgan fingerprint density at radius 3 is 2.25 bits per heavy atom. The Labute approximate surface area is 98.0 Å². The van der Waals surface area contributed by atoms with E-state index in [0.29, 0.717) is 13.0 Å². The van der Waals surface area contributed by atoms with E-state index in [-0.39, 0.29) is 6.04 Å². The smallest absolute Gasteiger partial charge is 0.410 e. The predicted octanol–water partition coefficient (Wildman–Crippen LogP) is 2.61. The first-order valence-corrected chi connectivity index (χ1v) is 5.80. The van der Waals surface area contributed by atoms with E-state index in [4.69, 9.17) is 4.74 Å². The Balaban J connectivity index is 4.63. The molecule has 0 N–H and O–H groups in total. The fourth-order valence-electron chi connectivity index (χ4n) is 1.34. The number of hydrogen-bond acceptors (Lipinski definition) is 3. The highest BCUT2D eigenvalue weighted by Crippen LogP contribution is 2.13. The van der Waals surface area contributed by atoms with E-state index in [0.717, 1.165) is 12.7 Å². The Kier molecular flexibility index (Phi) is 6.08. The largest absolute Gasteiger partial charge is 0.444 e. The third-order valence-corrected chi connectivity index (χ3v) is 2.07. The second-order valence-corrected chi connectivity index (χ2v) is 4.79. The molecule has 94 valence electrons. The molecule has 4 heteroatoms. The highest BCUT2D eigenvalue weighted by molar-refractivity contribution is 5.73. The normalized spacial score (nSPS) is 13.1. The molecule has 0 saturated carbocycles. The summed E-state index contributed by atoms with van der Waals surface area (Å²) < 4.78 is 5.27. The van der Waals surface area contributed by atoms with Crippen molar-refractivity contribution in [2.75, 3.05) is 6.54 Å². The Hall–Kier alpha value is -1.06. The van der Waals surface area contributed by atoms with Gasteiger partial charge in [-0.25, -0.2) is 4.79 Å². The summed E-state index contributed by atoms with van der Waals surface area (Å²) in [5.41, 5.74) is -0.524. The quantitative estimate of drug-likeness (QED) is 0.681. The summed E-state index contributed by atoms with van der Waals surface area (Å²) >= 11 is 0. The maximum absolute atomic E-state index is 11.9. The number of hydrogen-bond donors (Lipinski definition) is 0. The molecule has 0 radical (unpaired) electrons. The zero-order valence-electron chi connectivity index (χ0n) is 10.9. The van der Waals surface area contributed by atoms with Gasteiger partial charge in [-0.1, -0.05) is 13.8 Å². The van der Waals surface area contributed by atoms with E-state index in [1.165, 1.54) is 4.90 Å². The SMILES string of the molecule is CCCN(C(=O)OC(C)(C)C)C(C=O)CC. The molecule has 0 rings (SSSR count). The summed E-state index contributed by atoms with van der Waals surface area (Å²) in [6.07, 6.45) is 1.82. The van der Waals surface area contributed by atoms with Crippen LogP contribution in [-0.4, -0.2) is 35.5 Å². The van der Waals surface area contributed by atoms with Gasteiger partial charge < -0.3 is 9.53 Å². The lowest BCUT2D eigenvalue weighted by Crippen LogP contribution is -2.44. The van der Waals surface area contributed by atoms with E-state index in [9.17, 15) is 9.59 Å². The summed E-state index contributed by atoms with van der Waals surface area (Å²) in [6, 6.07) is -0.380. The molecule has 0 aliphatic carbocycles. The van der Waals surface area contributed by atoms with Crippen LogP contribution < -0.4 is 0 Å². The van der Waals surface area contributed by atoms with Crippen LogP contribution in [0.5, 0.6) is 0 Å². The third kappa shape index (κ3) is 5.14. The van der Waals surface area contributed by atoms with Gasteiger partial charge in [-0.3, -0.25) is 4.90 Å². The highest BCUT2D eigenvalue weighted by Gasteiger charge is 2.26. The summed E-state index contributed by atoms with van der Waals surface area (Å²) in [5.74, 6) is 0. The molecule has 0 bridgehead atoms. The minimum atomic E-state index is -0.524. The van der Waals surface area contributed by atoms with Gasteiger partial charge in [0.25, 0.3) is 0 Å². The Morgan fingerprint density at radius 1 is 1.38 bits per heavy atom. The number of nitrogens with zero attached hydrogens (tertiary/aromatic N) is 1. The Bertz CT molecular complexity index is 233. The molecule has 16 heavy (non-hydrogen) atoms. The van der Waals surface area contributed by atoms with Crippen molar-refractivity contribution in [1.29, 1.82) is 0 Å². The number of carbonyl (C=O) groups excluding carboxylic acids is 2. The van der Waals surface area contributed by atoms with Gasteiger partial charge in [-0.05, 0) is 33.6 Å². The van der Waals surface area contributed by atoms with E-state index >= 15 is 0 Å². The van der Waals surface area contributed by atoms with Gasteiger partial charge in [0, 0.05) is 6.54 Å². The fourth-order valence-corrected chi connectivity index (χ4v) is 1.34. The van der Waals surface area contributed by atoms with Crippen molar-refractivity contribution in [3.63, 3.8) is 0 Å². The molecule has 1 atom stereocenters. The van der Waals surface area contributed by atoms with Crippen LogP contribution in [0.2, 0.25) is 0 Å². The topological polar surface area (TPSA) is 46.6 Å². The van der Waals surface area contributed by atoms with Crippen molar-refractivity contribution in [3.8, 4) is 0 Å². The molecule has 0 heterocycles. The van der Waals surface area contributed by atoms with Crippen molar-refractivity contribution in [2.24, 2.45) is 0 Å². The number of amides is 1. The van der Waals surface area contributed by atoms with Crippen LogP contribution in [-0.2, 0) is 9.53 Å². The van der Waals surface area contributed by atoms with Gasteiger partial charge in [0.05, 0.1) is 6.04 Å². The van der Waals surface area contributed by atoms with Crippen LogP contribution in [0, 0.1) is 0 Å². The monoisotopic (exact) mass is 229 g/mol. The van der Waals surface area contributed by atoms with Crippen LogP contribution in [0.25, 0.3) is 0 Å². The summed E-state index contributed by atoms with van der Waals surface area (Å²) in [7, 11) is 0. The van der Waals surface area contributed by atoms with Crippen LogP contribution >= 0.6 is 0 Å². The van der Waals surface area contributed by atoms with E-state index in [2.05, 4.69) is 0 Å². The minimum Gasteiger partial charge on any atom is -0.444 e. The molecular weight excluding hydrogens is 206 g/mol. The summed E-state index contributed by atoms with van der Waals surface area (Å²) in [4.78, 5) is 24.2. The Morgan fingerprint density at radius 2 is 1.94 bits per heavy atom. The molecule has 1 unspecified atom stereocenters. The van der Waals surface area contributed by atoms with Crippen LogP contribution in [0.3, 0.4) is 0 Å². The van der Waals surface area contributed by atoms with Gasteiger partial charge in [0.15, 0.2) is 0 Å². The first kappa shape index (κ1) is 14.9. The predicted molar refractivity (Wildman–Crippen MR) is 63.4 cm³/mol. The standard InChI is InChI=1S/C12H23NO3/c1-6-8-13(10(7-2)9-14)11(15)16-12(3,4)5/h9-10H,6-8H2,1-5H3. The minimum absolute atomic E-state index is 0.380. The lowest BCUT2D eigenvalue weighted by atomic mass is 10.2. The van der Waals surface area contributed by atoms with Gasteiger partial charge in [0.1, 0.15) is 11.9 Å². The molecule has 0 fully saturated rings. The van der Waals surface area contributed by atoms with E-state index in [1.54, 1.807) is 0 Å². The molecule has 0 aromatic rings. The van der Waals surface area contributed by atoms with Gasteiger partial charge in [-0.15, -0.1) is 0 Å². The molecule has 4 nitrogen and oxygen atoms in total. The van der Waals surface area contributed by atoms with Crippen molar-refractivity contribution >= 4 is 12.4 Å². The second-order valence-electron chi connectivity index (χ2n) is 4.79. The first-order valence-electron chi connectivity index (χ1n) is 5.80. The zero-order valence-corrected chi connectivity index (χ0v) is 10.9. The number of ether oxygens (including phenoxy) is 1. The molecule has 0 aromatic carbocycles. The zero-order chi connectivity index (χ0) is 12.8. The number of aldehydes is 1. The van der Waals surface area contributed by atoms with Crippen molar-refractivity contribution in [1.82, 2.24) is 4.90 Å². The average molecular weight is 229 g/mol. The molecule has 0 spiro atoms. The third-order valence-electron chi connectivity index (χ3n) is 2.07. The number of carbonyl (C=O) groups is 2. The second kappa shape index (κ2) is 6.51. The fraction of sp³-hybridized carbons (Fsp3) is 0.833. The molecule has 0 aliphatic heterocycles. The van der Waals surface area contributed by atoms with Crippen LogP contribution in [0.4, 0.5) is 4.79 Å². The molecular formula is C12H23NO3. The van der Waals surface area contributed by atoms with E-state index < -0.39 is 11.7 Å². The molecule has 0 aromatic heterocycles. The summed E-state index contributed by atoms with van der Waals surface area (Å²) in [6.45, 7) is 9.85. The van der Waals surface area contributed by atoms with Gasteiger partial charge in [0.2, 0.25) is 0 Å². The lowest BCUT2D eigenvalue weighted by molar-refractivity contribution is -0.112.